The van der Waals surface area contributed by atoms with Gasteiger partial charge >= 0.3 is 0 Å². The average molecular weight is 314 g/mol. The van der Waals surface area contributed by atoms with Crippen molar-refractivity contribution in [3.8, 4) is 0 Å². The van der Waals surface area contributed by atoms with E-state index in [9.17, 15) is 8.42 Å². The average Bonchev–Trinajstić information content (AvgIpc) is 2.93. The highest BCUT2D eigenvalue weighted by molar-refractivity contribution is 7.89. The van der Waals surface area contributed by atoms with Crippen molar-refractivity contribution in [1.29, 1.82) is 0 Å². The topological polar surface area (TPSA) is 68.1 Å². The summed E-state index contributed by atoms with van der Waals surface area (Å²) in [4.78, 5) is 0. The number of nitrogens with zero attached hydrogens (tertiary/aromatic N) is 4. The van der Waals surface area contributed by atoms with E-state index < -0.39 is 10.0 Å². The van der Waals surface area contributed by atoms with Gasteiger partial charge in [-0.3, -0.25) is 4.68 Å². The second-order valence-corrected chi connectivity index (χ2v) is 8.04. The molecule has 0 radical (unpaired) electrons. The summed E-state index contributed by atoms with van der Waals surface area (Å²) in [5.41, 5.74) is 1.06. The normalized spacial score (nSPS) is 18.2. The molecule has 21 heavy (non-hydrogen) atoms. The molecular formula is C14H26N4O2S. The number of aryl methyl sites for hydroxylation is 1. The zero-order chi connectivity index (χ0) is 15.3. The molecule has 0 saturated carbocycles. The maximum atomic E-state index is 11.8. The minimum Gasteiger partial charge on any atom is -0.252 e. The van der Waals surface area contributed by atoms with Crippen molar-refractivity contribution >= 4 is 10.0 Å². The molecule has 7 heteroatoms. The Hall–Kier alpha value is -0.950. The van der Waals surface area contributed by atoms with Crippen molar-refractivity contribution in [2.75, 3.05) is 18.8 Å². The second-order valence-electron chi connectivity index (χ2n) is 5.78. The molecule has 1 aliphatic rings. The zero-order valence-corrected chi connectivity index (χ0v) is 13.8. The van der Waals surface area contributed by atoms with E-state index in [1.807, 2.05) is 10.9 Å². The monoisotopic (exact) mass is 314 g/mol. The van der Waals surface area contributed by atoms with E-state index in [4.69, 9.17) is 0 Å². The summed E-state index contributed by atoms with van der Waals surface area (Å²) >= 11 is 0. The lowest BCUT2D eigenvalue weighted by molar-refractivity contribution is 0.246. The molecule has 6 nitrogen and oxygen atoms in total. The third kappa shape index (κ3) is 4.51. The van der Waals surface area contributed by atoms with Gasteiger partial charge in [0.15, 0.2) is 0 Å². The van der Waals surface area contributed by atoms with Gasteiger partial charge in [0, 0.05) is 25.8 Å². The summed E-state index contributed by atoms with van der Waals surface area (Å²) in [5, 5.41) is 8.38. The lowest BCUT2D eigenvalue weighted by atomic mass is 9.98. The van der Waals surface area contributed by atoms with Crippen LogP contribution in [0.3, 0.4) is 0 Å². The van der Waals surface area contributed by atoms with Gasteiger partial charge in [-0.05, 0) is 38.5 Å². The van der Waals surface area contributed by atoms with Crippen LogP contribution in [0.4, 0.5) is 0 Å². The fourth-order valence-corrected chi connectivity index (χ4v) is 3.85. The van der Waals surface area contributed by atoms with Gasteiger partial charge < -0.3 is 0 Å². The highest BCUT2D eigenvalue weighted by atomic mass is 32.2. The first-order chi connectivity index (χ1) is 10.0. The van der Waals surface area contributed by atoms with Gasteiger partial charge in [-0.1, -0.05) is 18.6 Å². The van der Waals surface area contributed by atoms with Crippen LogP contribution in [0, 0.1) is 5.92 Å². The molecule has 0 N–H and O–H groups in total. The van der Waals surface area contributed by atoms with Crippen LogP contribution in [-0.4, -0.2) is 46.6 Å². The fourth-order valence-electron chi connectivity index (χ4n) is 2.72. The summed E-state index contributed by atoms with van der Waals surface area (Å²) in [6.45, 7) is 5.99. The number of hydrogen-bond acceptors (Lipinski definition) is 4. The Kier molecular flexibility index (Phi) is 5.75. The molecule has 0 spiro atoms. The third-order valence-corrected chi connectivity index (χ3v) is 6.03. The summed E-state index contributed by atoms with van der Waals surface area (Å²) in [6.07, 6.45) is 7.14. The molecular weight excluding hydrogens is 288 g/mol. The van der Waals surface area contributed by atoms with E-state index in [-0.39, 0.29) is 5.75 Å². The maximum absolute atomic E-state index is 11.8. The minimum absolute atomic E-state index is 0.196. The van der Waals surface area contributed by atoms with E-state index in [2.05, 4.69) is 17.2 Å². The van der Waals surface area contributed by atoms with Crippen LogP contribution in [0.15, 0.2) is 6.20 Å². The maximum Gasteiger partial charge on any atom is 0.213 e. The largest absolute Gasteiger partial charge is 0.252 e. The van der Waals surface area contributed by atoms with Crippen LogP contribution < -0.4 is 0 Å². The number of aromatic nitrogens is 3. The number of unbranched alkanes of at least 4 members (excludes halogenated alkanes) is 1. The van der Waals surface area contributed by atoms with Crippen molar-refractivity contribution in [2.45, 2.75) is 52.5 Å². The number of hydrogen-bond donors (Lipinski definition) is 0. The molecule has 120 valence electrons. The van der Waals surface area contributed by atoms with Crippen molar-refractivity contribution in [2.24, 2.45) is 5.92 Å². The molecule has 0 amide bonds. The van der Waals surface area contributed by atoms with Crippen molar-refractivity contribution in [1.82, 2.24) is 19.3 Å². The van der Waals surface area contributed by atoms with Crippen LogP contribution in [0.25, 0.3) is 0 Å². The van der Waals surface area contributed by atoms with Gasteiger partial charge in [0.25, 0.3) is 0 Å². The molecule has 0 bridgehead atoms. The smallest absolute Gasteiger partial charge is 0.213 e. The molecule has 1 saturated heterocycles. The quantitative estimate of drug-likeness (QED) is 0.768. The molecule has 1 aromatic rings. The lowest BCUT2D eigenvalue weighted by Crippen LogP contribution is -2.40. The first kappa shape index (κ1) is 16.4. The van der Waals surface area contributed by atoms with Crippen molar-refractivity contribution in [3.05, 3.63) is 11.9 Å². The number of rotatable bonds is 7. The minimum atomic E-state index is -3.03. The Labute approximate surface area is 127 Å². The van der Waals surface area contributed by atoms with Crippen LogP contribution in [0.5, 0.6) is 0 Å². The van der Waals surface area contributed by atoms with E-state index in [0.717, 1.165) is 44.3 Å². The lowest BCUT2D eigenvalue weighted by Gasteiger charge is -2.30. The summed E-state index contributed by atoms with van der Waals surface area (Å²) < 4.78 is 27.2. The molecule has 0 aromatic carbocycles. The Morgan fingerprint density at radius 3 is 2.62 bits per heavy atom. The highest BCUT2D eigenvalue weighted by Gasteiger charge is 2.26. The Balaban J connectivity index is 1.82. The zero-order valence-electron chi connectivity index (χ0n) is 13.0. The SMILES string of the molecule is CCCCc1cn(CC2CCN(S(=O)(=O)CC)CC2)nn1. The third-order valence-electron chi connectivity index (χ3n) is 4.15. The van der Waals surface area contributed by atoms with Gasteiger partial charge in [-0.15, -0.1) is 5.10 Å². The van der Waals surface area contributed by atoms with Gasteiger partial charge in [0.2, 0.25) is 10.0 Å². The number of piperidine rings is 1. The van der Waals surface area contributed by atoms with Crippen molar-refractivity contribution < 1.29 is 8.42 Å². The van der Waals surface area contributed by atoms with E-state index in [1.54, 1.807) is 11.2 Å². The Bertz CT molecular complexity index is 533. The fraction of sp³-hybridized carbons (Fsp3) is 0.857. The van der Waals surface area contributed by atoms with Gasteiger partial charge in [-0.25, -0.2) is 12.7 Å². The first-order valence-electron chi connectivity index (χ1n) is 7.92. The first-order valence-corrected chi connectivity index (χ1v) is 9.53. The van der Waals surface area contributed by atoms with E-state index in [0.29, 0.717) is 19.0 Å². The molecule has 0 atom stereocenters. The summed E-state index contributed by atoms with van der Waals surface area (Å²) in [6, 6.07) is 0. The molecule has 0 unspecified atom stereocenters. The summed E-state index contributed by atoms with van der Waals surface area (Å²) in [5.74, 6) is 0.690. The van der Waals surface area contributed by atoms with Crippen LogP contribution in [0.1, 0.15) is 45.2 Å². The molecule has 1 aromatic heterocycles. The van der Waals surface area contributed by atoms with Gasteiger partial charge in [0.05, 0.1) is 11.4 Å². The predicted octanol–water partition coefficient (Wildman–Crippen LogP) is 1.68. The number of sulfonamides is 1. The molecule has 2 heterocycles. The Morgan fingerprint density at radius 2 is 2.00 bits per heavy atom. The standard InChI is InChI=1S/C14H26N4O2S/c1-3-5-6-14-12-17(16-15-14)11-13-7-9-18(10-8-13)21(19,20)4-2/h12-13H,3-11H2,1-2H3. The Morgan fingerprint density at radius 1 is 1.29 bits per heavy atom. The van der Waals surface area contributed by atoms with Crippen LogP contribution in [-0.2, 0) is 23.0 Å². The highest BCUT2D eigenvalue weighted by Crippen LogP contribution is 2.21. The van der Waals surface area contributed by atoms with E-state index in [1.165, 1.54) is 0 Å². The van der Waals surface area contributed by atoms with E-state index >= 15 is 0 Å². The van der Waals surface area contributed by atoms with Crippen LogP contribution in [0.2, 0.25) is 0 Å². The van der Waals surface area contributed by atoms with Gasteiger partial charge in [0.1, 0.15) is 0 Å². The van der Waals surface area contributed by atoms with Gasteiger partial charge in [-0.2, -0.15) is 0 Å². The molecule has 1 aliphatic heterocycles. The van der Waals surface area contributed by atoms with Crippen LogP contribution >= 0.6 is 0 Å². The molecule has 0 aliphatic carbocycles. The summed E-state index contributed by atoms with van der Waals surface area (Å²) in [7, 11) is -3.03. The molecule has 1 fully saturated rings. The predicted molar refractivity (Wildman–Crippen MR) is 82.4 cm³/mol. The second kappa shape index (κ2) is 7.35. The van der Waals surface area contributed by atoms with Crippen molar-refractivity contribution in [3.63, 3.8) is 0 Å². The molecule has 2 rings (SSSR count).